The summed E-state index contributed by atoms with van der Waals surface area (Å²) in [6.07, 6.45) is 4.48. The first-order valence-corrected chi connectivity index (χ1v) is 9.28. The molecule has 29 heavy (non-hydrogen) atoms. The zero-order valence-corrected chi connectivity index (χ0v) is 16.7. The second-order valence-corrected chi connectivity index (χ2v) is 7.26. The minimum absolute atomic E-state index is 0.173. The molecule has 3 heterocycles. The summed E-state index contributed by atoms with van der Waals surface area (Å²) < 4.78 is 32.3. The van der Waals surface area contributed by atoms with Crippen molar-refractivity contribution in [3.8, 4) is 10.6 Å². The lowest BCUT2D eigenvalue weighted by Crippen LogP contribution is -2.13. The molecule has 11 heteroatoms. The van der Waals surface area contributed by atoms with E-state index in [2.05, 4.69) is 30.6 Å². The summed E-state index contributed by atoms with van der Waals surface area (Å²) in [6, 6.07) is 3.05. The van der Waals surface area contributed by atoms with E-state index < -0.39 is 11.7 Å². The zero-order valence-electron chi connectivity index (χ0n) is 15.9. The molecule has 3 aromatic rings. The van der Waals surface area contributed by atoms with E-state index in [1.54, 1.807) is 25.6 Å². The first-order chi connectivity index (χ1) is 13.8. The molecule has 1 amide bonds. The van der Waals surface area contributed by atoms with E-state index in [1.165, 1.54) is 30.5 Å². The van der Waals surface area contributed by atoms with Gasteiger partial charge in [0.05, 0.1) is 22.7 Å². The first-order valence-electron chi connectivity index (χ1n) is 8.46. The number of methoxy groups -OCH3 is 1. The van der Waals surface area contributed by atoms with Crippen molar-refractivity contribution in [3.63, 3.8) is 0 Å². The van der Waals surface area contributed by atoms with E-state index >= 15 is 0 Å². The van der Waals surface area contributed by atoms with Gasteiger partial charge in [-0.2, -0.15) is 8.78 Å². The molecule has 0 spiro atoms. The maximum absolute atomic E-state index is 13.6. The van der Waals surface area contributed by atoms with E-state index in [9.17, 15) is 13.6 Å². The largest absolute Gasteiger partial charge is 0.379 e. The van der Waals surface area contributed by atoms with E-state index in [4.69, 9.17) is 4.74 Å². The number of amides is 1. The molecule has 0 aromatic carbocycles. The number of aromatic nitrogens is 4. The van der Waals surface area contributed by atoms with Gasteiger partial charge < -0.3 is 15.4 Å². The van der Waals surface area contributed by atoms with Crippen molar-refractivity contribution >= 4 is 34.6 Å². The van der Waals surface area contributed by atoms with Gasteiger partial charge in [0, 0.05) is 45.6 Å². The van der Waals surface area contributed by atoms with Gasteiger partial charge in [-0.15, -0.1) is 11.3 Å². The van der Waals surface area contributed by atoms with Crippen molar-refractivity contribution < 1.29 is 18.3 Å². The Balaban J connectivity index is 2.01. The molecule has 0 saturated heterocycles. The number of anilines is 3. The van der Waals surface area contributed by atoms with E-state index in [1.807, 2.05) is 0 Å². The molecule has 0 bridgehead atoms. The molecule has 0 radical (unpaired) electrons. The monoisotopic (exact) mass is 420 g/mol. The number of rotatable bonds is 7. The van der Waals surface area contributed by atoms with E-state index in [0.29, 0.717) is 28.7 Å². The van der Waals surface area contributed by atoms with Crippen molar-refractivity contribution in [2.24, 2.45) is 0 Å². The molecule has 0 unspecified atom stereocenters. The van der Waals surface area contributed by atoms with Gasteiger partial charge in [-0.1, -0.05) is 0 Å². The summed E-state index contributed by atoms with van der Waals surface area (Å²) in [5, 5.41) is 6.24. The number of nitrogens with zero attached hydrogens (tertiary/aromatic N) is 4. The SMILES string of the molecule is COCc1cnc(-c2cnc(NC(C)=O)cc2Nc2ccnc(C(C)(F)F)n2)s1. The molecule has 0 aliphatic heterocycles. The van der Waals surface area contributed by atoms with Crippen LogP contribution in [0.5, 0.6) is 0 Å². The molecular formula is C18H18F2N6O2S. The van der Waals surface area contributed by atoms with E-state index in [-0.39, 0.29) is 11.7 Å². The highest BCUT2D eigenvalue weighted by molar-refractivity contribution is 7.15. The molecule has 0 aliphatic rings. The van der Waals surface area contributed by atoms with Crippen LogP contribution in [0.4, 0.5) is 26.1 Å². The third-order valence-corrected chi connectivity index (χ3v) is 4.59. The lowest BCUT2D eigenvalue weighted by molar-refractivity contribution is -0.114. The van der Waals surface area contributed by atoms with Crippen molar-refractivity contribution in [2.45, 2.75) is 26.4 Å². The van der Waals surface area contributed by atoms with Gasteiger partial charge in [0.25, 0.3) is 0 Å². The number of pyridine rings is 1. The average Bonchev–Trinajstić information content (AvgIpc) is 3.10. The number of nitrogens with one attached hydrogen (secondary N) is 2. The Hall–Kier alpha value is -3.05. The summed E-state index contributed by atoms with van der Waals surface area (Å²) >= 11 is 1.41. The fourth-order valence-corrected chi connectivity index (χ4v) is 3.31. The topological polar surface area (TPSA) is 102 Å². The first kappa shape index (κ1) is 20.7. The van der Waals surface area contributed by atoms with Gasteiger partial charge in [-0.05, 0) is 6.07 Å². The molecule has 8 nitrogen and oxygen atoms in total. The van der Waals surface area contributed by atoms with Crippen LogP contribution >= 0.6 is 11.3 Å². The Morgan fingerprint density at radius 3 is 2.72 bits per heavy atom. The van der Waals surface area contributed by atoms with Gasteiger partial charge in [-0.3, -0.25) is 4.79 Å². The van der Waals surface area contributed by atoms with Gasteiger partial charge in [-0.25, -0.2) is 19.9 Å². The van der Waals surface area contributed by atoms with Gasteiger partial charge in [0.15, 0.2) is 0 Å². The molecular weight excluding hydrogens is 402 g/mol. The Morgan fingerprint density at radius 2 is 2.03 bits per heavy atom. The number of hydrogen-bond acceptors (Lipinski definition) is 8. The van der Waals surface area contributed by atoms with Crippen LogP contribution in [-0.2, 0) is 22.1 Å². The van der Waals surface area contributed by atoms with Gasteiger partial charge >= 0.3 is 5.92 Å². The van der Waals surface area contributed by atoms with Gasteiger partial charge in [0.1, 0.15) is 16.6 Å². The van der Waals surface area contributed by atoms with Crippen molar-refractivity contribution in [1.29, 1.82) is 0 Å². The summed E-state index contributed by atoms with van der Waals surface area (Å²) in [5.41, 5.74) is 1.11. The third-order valence-electron chi connectivity index (χ3n) is 3.59. The number of thiazole rings is 1. The number of halogens is 2. The molecule has 152 valence electrons. The van der Waals surface area contributed by atoms with Crippen LogP contribution in [0.25, 0.3) is 10.6 Å². The van der Waals surface area contributed by atoms with Crippen LogP contribution in [0.2, 0.25) is 0 Å². The normalized spacial score (nSPS) is 11.3. The van der Waals surface area contributed by atoms with Crippen LogP contribution in [-0.4, -0.2) is 33.0 Å². The maximum Gasteiger partial charge on any atom is 0.303 e. The molecule has 3 aromatic heterocycles. The molecule has 2 N–H and O–H groups in total. The number of ether oxygens (including phenoxy) is 1. The van der Waals surface area contributed by atoms with Crippen molar-refractivity contribution in [3.05, 3.63) is 41.4 Å². The highest BCUT2D eigenvalue weighted by Crippen LogP contribution is 2.34. The summed E-state index contributed by atoms with van der Waals surface area (Å²) in [6.45, 7) is 2.50. The predicted octanol–water partition coefficient (Wildman–Crippen LogP) is 3.96. The van der Waals surface area contributed by atoms with Crippen LogP contribution in [0.3, 0.4) is 0 Å². The quantitative estimate of drug-likeness (QED) is 0.597. The number of carbonyl (C=O) groups excluding carboxylic acids is 1. The minimum Gasteiger partial charge on any atom is -0.379 e. The van der Waals surface area contributed by atoms with Crippen LogP contribution < -0.4 is 10.6 Å². The van der Waals surface area contributed by atoms with Crippen LogP contribution in [0.15, 0.2) is 30.7 Å². The molecule has 0 aliphatic carbocycles. The zero-order chi connectivity index (χ0) is 21.0. The summed E-state index contributed by atoms with van der Waals surface area (Å²) in [7, 11) is 1.59. The maximum atomic E-state index is 13.6. The number of carbonyl (C=O) groups is 1. The fourth-order valence-electron chi connectivity index (χ4n) is 2.40. The number of alkyl halides is 2. The Labute approximate surface area is 169 Å². The summed E-state index contributed by atoms with van der Waals surface area (Å²) in [5.74, 6) is -3.59. The molecule has 0 atom stereocenters. The van der Waals surface area contributed by atoms with Crippen LogP contribution in [0, 0.1) is 0 Å². The second-order valence-electron chi connectivity index (χ2n) is 6.14. The van der Waals surface area contributed by atoms with Crippen LogP contribution in [0.1, 0.15) is 24.5 Å². The minimum atomic E-state index is -3.18. The highest BCUT2D eigenvalue weighted by atomic mass is 32.1. The smallest absolute Gasteiger partial charge is 0.303 e. The van der Waals surface area contributed by atoms with Crippen molar-refractivity contribution in [1.82, 2.24) is 19.9 Å². The Morgan fingerprint density at radius 1 is 1.24 bits per heavy atom. The standard InChI is InChI=1S/C18H18F2N6O2S/c1-10(27)24-15-6-13(25-14-4-5-21-17(26-14)18(2,19)20)12(8-22-15)16-23-7-11(29-16)9-28-3/h4-8H,9H2,1-3H3,(H2,21,22,24,25,26,27). The van der Waals surface area contributed by atoms with Gasteiger partial charge in [0.2, 0.25) is 11.7 Å². The summed E-state index contributed by atoms with van der Waals surface area (Å²) in [4.78, 5) is 28.4. The third kappa shape index (κ3) is 5.27. The Bertz CT molecular complexity index is 1020. The van der Waals surface area contributed by atoms with E-state index in [0.717, 1.165) is 11.8 Å². The lowest BCUT2D eigenvalue weighted by atomic mass is 10.2. The Kier molecular flexibility index (Phi) is 6.09. The molecule has 0 saturated carbocycles. The highest BCUT2D eigenvalue weighted by Gasteiger charge is 2.28. The molecule has 0 fully saturated rings. The fraction of sp³-hybridized carbons (Fsp3) is 0.278. The number of hydrogen-bond donors (Lipinski definition) is 2. The lowest BCUT2D eigenvalue weighted by Gasteiger charge is -2.14. The predicted molar refractivity (Wildman–Crippen MR) is 105 cm³/mol. The van der Waals surface area contributed by atoms with Crippen molar-refractivity contribution in [2.75, 3.05) is 17.7 Å². The molecule has 3 rings (SSSR count). The average molecular weight is 420 g/mol. The second kappa shape index (κ2) is 8.53.